The molecule has 4 aromatic rings. The van der Waals surface area contributed by atoms with Gasteiger partial charge in [0.05, 0.1) is 10.5 Å². The second-order valence-electron chi connectivity index (χ2n) is 10.1. The zero-order valence-electron chi connectivity index (χ0n) is 22.5. The van der Waals surface area contributed by atoms with Crippen LogP contribution in [0.25, 0.3) is 11.7 Å². The fourth-order valence-corrected chi connectivity index (χ4v) is 6.70. The van der Waals surface area contributed by atoms with Crippen LogP contribution in [-0.2, 0) is 11.2 Å². The van der Waals surface area contributed by atoms with Crippen LogP contribution in [0.15, 0.2) is 82.6 Å². The zero-order chi connectivity index (χ0) is 28.5. The van der Waals surface area contributed by atoms with E-state index in [1.807, 2.05) is 67.6 Å². The molecule has 2 saturated heterocycles. The van der Waals surface area contributed by atoms with Crippen molar-refractivity contribution in [1.29, 1.82) is 0 Å². The van der Waals surface area contributed by atoms with E-state index in [0.717, 1.165) is 29.9 Å². The molecular weight excluding hydrogens is 574 g/mol. The molecule has 2 aliphatic rings. The monoisotopic (exact) mass is 601 g/mol. The molecule has 1 amide bonds. The van der Waals surface area contributed by atoms with Crippen LogP contribution < -0.4 is 15.4 Å². The lowest BCUT2D eigenvalue weighted by Gasteiger charge is -2.37. The van der Waals surface area contributed by atoms with Crippen LogP contribution in [0.4, 0.5) is 11.5 Å². The molecule has 4 heterocycles. The average Bonchev–Trinajstić information content (AvgIpc) is 3.25. The minimum atomic E-state index is -0.208. The number of hydrogen-bond acceptors (Lipinski definition) is 7. The van der Waals surface area contributed by atoms with E-state index in [-0.39, 0.29) is 11.5 Å². The van der Waals surface area contributed by atoms with E-state index in [2.05, 4.69) is 15.9 Å². The van der Waals surface area contributed by atoms with E-state index in [9.17, 15) is 9.59 Å². The molecule has 0 bridgehead atoms. The highest BCUT2D eigenvalue weighted by atomic mass is 35.5. The highest BCUT2D eigenvalue weighted by molar-refractivity contribution is 8.26. The van der Waals surface area contributed by atoms with Crippen LogP contribution >= 0.6 is 35.6 Å². The van der Waals surface area contributed by atoms with Gasteiger partial charge in [0.2, 0.25) is 0 Å². The molecule has 0 atom stereocenters. The maximum absolute atomic E-state index is 13.9. The van der Waals surface area contributed by atoms with Gasteiger partial charge in [0.25, 0.3) is 11.5 Å². The van der Waals surface area contributed by atoms with Crippen LogP contribution in [0.5, 0.6) is 0 Å². The van der Waals surface area contributed by atoms with Gasteiger partial charge in [-0.3, -0.25) is 18.9 Å². The number of pyridine rings is 1. The van der Waals surface area contributed by atoms with Crippen LogP contribution in [0.3, 0.4) is 0 Å². The third kappa shape index (κ3) is 5.62. The number of carbonyl (C=O) groups excluding carboxylic acids is 1. The van der Waals surface area contributed by atoms with Crippen molar-refractivity contribution in [2.75, 3.05) is 42.5 Å². The summed E-state index contributed by atoms with van der Waals surface area (Å²) in [5, 5.41) is 0.702. The number of hydrogen-bond donors (Lipinski definition) is 0. The molecule has 2 aromatic heterocycles. The number of aryl methyl sites for hydroxylation is 1. The number of carbonyl (C=O) groups is 1. The normalized spacial score (nSPS) is 16.8. The minimum absolute atomic E-state index is 0.179. The van der Waals surface area contributed by atoms with Gasteiger partial charge in [0.1, 0.15) is 15.8 Å². The summed E-state index contributed by atoms with van der Waals surface area (Å²) < 4.78 is 2.06. The van der Waals surface area contributed by atoms with Crippen molar-refractivity contribution in [1.82, 2.24) is 14.3 Å². The number of anilines is 2. The summed E-state index contributed by atoms with van der Waals surface area (Å²) in [7, 11) is 0. The van der Waals surface area contributed by atoms with Gasteiger partial charge < -0.3 is 9.80 Å². The smallest absolute Gasteiger partial charge is 0.267 e. The summed E-state index contributed by atoms with van der Waals surface area (Å²) in [4.78, 5) is 38.8. The van der Waals surface area contributed by atoms with Crippen LogP contribution in [-0.4, -0.2) is 57.2 Å². The molecule has 0 N–H and O–H groups in total. The number of amides is 1. The molecule has 2 fully saturated rings. The minimum Gasteiger partial charge on any atom is -0.368 e. The molecule has 7 nitrogen and oxygen atoms in total. The summed E-state index contributed by atoms with van der Waals surface area (Å²) in [6.45, 7) is 5.25. The predicted octanol–water partition coefficient (Wildman–Crippen LogP) is 5.43. The van der Waals surface area contributed by atoms with Crippen molar-refractivity contribution >= 4 is 69.0 Å². The Labute approximate surface area is 253 Å². The Morgan fingerprint density at radius 3 is 2.49 bits per heavy atom. The molecule has 0 radical (unpaired) electrons. The van der Waals surface area contributed by atoms with E-state index in [0.29, 0.717) is 57.3 Å². The molecule has 2 aromatic carbocycles. The Hall–Kier alpha value is -3.66. The van der Waals surface area contributed by atoms with E-state index < -0.39 is 0 Å². The van der Waals surface area contributed by atoms with Gasteiger partial charge in [-0.15, -0.1) is 0 Å². The summed E-state index contributed by atoms with van der Waals surface area (Å²) in [5.74, 6) is 0.408. The number of aromatic nitrogens is 2. The van der Waals surface area contributed by atoms with Crippen molar-refractivity contribution in [2.24, 2.45) is 0 Å². The van der Waals surface area contributed by atoms with E-state index in [1.165, 1.54) is 11.8 Å². The van der Waals surface area contributed by atoms with Gasteiger partial charge in [0, 0.05) is 49.6 Å². The maximum atomic E-state index is 13.9. The molecule has 2 aliphatic heterocycles. The quantitative estimate of drug-likeness (QED) is 0.216. The van der Waals surface area contributed by atoms with Crippen molar-refractivity contribution in [3.8, 4) is 0 Å². The van der Waals surface area contributed by atoms with Crippen molar-refractivity contribution < 1.29 is 4.79 Å². The summed E-state index contributed by atoms with van der Waals surface area (Å²) in [5.41, 5.74) is 3.91. The Balaban J connectivity index is 1.32. The van der Waals surface area contributed by atoms with Crippen molar-refractivity contribution in [3.05, 3.63) is 110 Å². The Morgan fingerprint density at radius 2 is 1.73 bits per heavy atom. The second-order valence-corrected chi connectivity index (χ2v) is 12.2. The summed E-state index contributed by atoms with van der Waals surface area (Å²) in [6.07, 6.45) is 4.10. The standard InChI is InChI=1S/C31H28ClN5O2S2/c1-21-7-6-13-36-27(21)33-28(35-17-15-34(16-18-35)24-11-5-10-23(32)19-24)25(29(36)38)20-26-30(39)37(31(40)41-26)14-12-22-8-3-2-4-9-22/h2-11,13,19-20H,12,14-18H2,1H3/b26-20-. The molecule has 208 valence electrons. The Kier molecular flexibility index (Phi) is 7.84. The molecule has 6 rings (SSSR count). The van der Waals surface area contributed by atoms with Gasteiger partial charge in [0.15, 0.2) is 0 Å². The lowest BCUT2D eigenvalue weighted by Crippen LogP contribution is -2.47. The fraction of sp³-hybridized carbons (Fsp3) is 0.226. The van der Waals surface area contributed by atoms with Gasteiger partial charge >= 0.3 is 0 Å². The molecular formula is C31H28ClN5O2S2. The van der Waals surface area contributed by atoms with E-state index in [4.69, 9.17) is 28.8 Å². The van der Waals surface area contributed by atoms with Gasteiger partial charge in [-0.2, -0.15) is 0 Å². The third-order valence-electron chi connectivity index (χ3n) is 7.43. The van der Waals surface area contributed by atoms with Crippen molar-refractivity contribution in [2.45, 2.75) is 13.3 Å². The number of thioether (sulfide) groups is 1. The molecule has 0 spiro atoms. The number of piperazine rings is 1. The Morgan fingerprint density at radius 1 is 0.976 bits per heavy atom. The predicted molar refractivity (Wildman–Crippen MR) is 172 cm³/mol. The number of benzene rings is 2. The van der Waals surface area contributed by atoms with Gasteiger partial charge in [-0.1, -0.05) is 78.0 Å². The van der Waals surface area contributed by atoms with Crippen LogP contribution in [0.1, 0.15) is 16.7 Å². The summed E-state index contributed by atoms with van der Waals surface area (Å²) >= 11 is 13.0. The van der Waals surface area contributed by atoms with E-state index >= 15 is 0 Å². The fourth-order valence-electron chi connectivity index (χ4n) is 5.23. The lowest BCUT2D eigenvalue weighted by atomic mass is 10.1. The van der Waals surface area contributed by atoms with Gasteiger partial charge in [-0.25, -0.2) is 4.98 Å². The van der Waals surface area contributed by atoms with Crippen LogP contribution in [0, 0.1) is 6.92 Å². The first-order chi connectivity index (χ1) is 19.9. The summed E-state index contributed by atoms with van der Waals surface area (Å²) in [6, 6.07) is 21.6. The number of halogens is 1. The molecule has 0 aliphatic carbocycles. The average molecular weight is 602 g/mol. The first kappa shape index (κ1) is 27.5. The first-order valence-corrected chi connectivity index (χ1v) is 15.1. The van der Waals surface area contributed by atoms with Gasteiger partial charge in [-0.05, 0) is 54.8 Å². The lowest BCUT2D eigenvalue weighted by molar-refractivity contribution is -0.122. The largest absolute Gasteiger partial charge is 0.368 e. The number of fused-ring (bicyclic) bond motifs is 1. The number of nitrogens with zero attached hydrogens (tertiary/aromatic N) is 5. The molecule has 0 unspecified atom stereocenters. The SMILES string of the molecule is Cc1cccn2c(=O)c(/C=C3\SC(=S)N(CCc4ccccc4)C3=O)c(N3CCN(c4cccc(Cl)c4)CC3)nc12. The third-order valence-corrected chi connectivity index (χ3v) is 9.05. The molecule has 10 heteroatoms. The van der Waals surface area contributed by atoms with Crippen molar-refractivity contribution in [3.63, 3.8) is 0 Å². The van der Waals surface area contributed by atoms with E-state index in [1.54, 1.807) is 21.6 Å². The highest BCUT2D eigenvalue weighted by Crippen LogP contribution is 2.34. The number of thiocarbonyl (C=S) groups is 1. The molecule has 41 heavy (non-hydrogen) atoms. The maximum Gasteiger partial charge on any atom is 0.267 e. The second kappa shape index (κ2) is 11.7. The van der Waals surface area contributed by atoms with Crippen LogP contribution in [0.2, 0.25) is 5.02 Å². The zero-order valence-corrected chi connectivity index (χ0v) is 24.9. The topological polar surface area (TPSA) is 61.2 Å². The molecule has 0 saturated carbocycles. The highest BCUT2D eigenvalue weighted by Gasteiger charge is 2.33. The first-order valence-electron chi connectivity index (χ1n) is 13.5. The Bertz CT molecular complexity index is 1730. The number of rotatable bonds is 6.